The molecule has 3 aromatic carbocycles. The van der Waals surface area contributed by atoms with E-state index in [1.54, 1.807) is 6.20 Å². The van der Waals surface area contributed by atoms with Crippen molar-refractivity contribution >= 4 is 22.7 Å². The molecule has 0 aliphatic carbocycles. The third kappa shape index (κ3) is 5.72. The summed E-state index contributed by atoms with van der Waals surface area (Å²) in [5, 5.41) is 4.22. The lowest BCUT2D eigenvalue weighted by molar-refractivity contribution is -0.127. The summed E-state index contributed by atoms with van der Waals surface area (Å²) in [5.41, 5.74) is 6.05. The summed E-state index contributed by atoms with van der Waals surface area (Å²) < 4.78 is 0. The summed E-state index contributed by atoms with van der Waals surface area (Å²) in [6, 6.07) is 26.2. The zero-order chi connectivity index (χ0) is 25.8. The third-order valence-corrected chi connectivity index (χ3v) is 7.32. The Morgan fingerprint density at radius 2 is 1.68 bits per heavy atom. The van der Waals surface area contributed by atoms with Gasteiger partial charge in [-0.1, -0.05) is 65.7 Å². The minimum atomic E-state index is -0.134. The number of likely N-dealkylation sites (tertiary alicyclic amines) is 1. The number of aryl methyl sites for hydroxylation is 2. The average molecular weight is 492 g/mol. The molecule has 0 spiro atoms. The van der Waals surface area contributed by atoms with Crippen LogP contribution in [0.1, 0.15) is 45.5 Å². The molecule has 0 unspecified atom stereocenters. The fraction of sp³-hybridized carbons (Fsp3) is 0.281. The first-order valence-electron chi connectivity index (χ1n) is 13.0. The van der Waals surface area contributed by atoms with E-state index in [1.165, 1.54) is 5.56 Å². The van der Waals surface area contributed by atoms with Gasteiger partial charge in [0.15, 0.2) is 0 Å². The van der Waals surface area contributed by atoms with Gasteiger partial charge in [0.05, 0.1) is 5.52 Å². The number of para-hydroxylation sites is 1. The first-order valence-corrected chi connectivity index (χ1v) is 13.0. The quantitative estimate of drug-likeness (QED) is 0.380. The molecule has 37 heavy (non-hydrogen) atoms. The van der Waals surface area contributed by atoms with E-state index >= 15 is 0 Å². The van der Waals surface area contributed by atoms with Crippen LogP contribution >= 0.6 is 0 Å². The van der Waals surface area contributed by atoms with E-state index < -0.39 is 0 Å². The number of hydrogen-bond donors (Lipinski definition) is 1. The minimum absolute atomic E-state index is 0.0398. The highest BCUT2D eigenvalue weighted by Crippen LogP contribution is 2.28. The van der Waals surface area contributed by atoms with Gasteiger partial charge in [-0.2, -0.15) is 0 Å². The van der Waals surface area contributed by atoms with Crippen LogP contribution in [0.15, 0.2) is 85.1 Å². The second-order valence-corrected chi connectivity index (χ2v) is 10.1. The van der Waals surface area contributed by atoms with E-state index in [-0.39, 0.29) is 23.8 Å². The van der Waals surface area contributed by atoms with E-state index in [2.05, 4.69) is 28.5 Å². The number of carbonyl (C=O) groups excluding carboxylic acids is 2. The molecule has 1 fully saturated rings. The number of hydrogen-bond acceptors (Lipinski definition) is 3. The van der Waals surface area contributed by atoms with E-state index in [1.807, 2.05) is 79.4 Å². The molecule has 1 N–H and O–H groups in total. The predicted octanol–water partition coefficient (Wildman–Crippen LogP) is 5.63. The Hall–Kier alpha value is -3.99. The van der Waals surface area contributed by atoms with Crippen molar-refractivity contribution < 1.29 is 9.59 Å². The van der Waals surface area contributed by atoms with Crippen LogP contribution in [-0.2, 0) is 17.8 Å². The summed E-state index contributed by atoms with van der Waals surface area (Å²) in [6.07, 6.45) is 3.83. The maximum Gasteiger partial charge on any atom is 0.254 e. The minimum Gasteiger partial charge on any atom is -0.352 e. The smallest absolute Gasteiger partial charge is 0.254 e. The van der Waals surface area contributed by atoms with Crippen LogP contribution in [0.5, 0.6) is 0 Å². The number of amides is 2. The van der Waals surface area contributed by atoms with Crippen LogP contribution in [-0.4, -0.2) is 34.3 Å². The maximum absolute atomic E-state index is 13.6. The van der Waals surface area contributed by atoms with Crippen molar-refractivity contribution in [2.24, 2.45) is 5.92 Å². The number of pyridine rings is 1. The highest BCUT2D eigenvalue weighted by molar-refractivity contribution is 5.95. The van der Waals surface area contributed by atoms with Crippen LogP contribution in [0.25, 0.3) is 10.9 Å². The van der Waals surface area contributed by atoms with Crippen molar-refractivity contribution in [2.45, 2.75) is 45.7 Å². The second kappa shape index (κ2) is 11.0. The molecule has 0 bridgehead atoms. The van der Waals surface area contributed by atoms with Crippen molar-refractivity contribution in [3.05, 3.63) is 113 Å². The largest absolute Gasteiger partial charge is 0.352 e. The second-order valence-electron chi connectivity index (χ2n) is 10.1. The Kier molecular flexibility index (Phi) is 7.31. The van der Waals surface area contributed by atoms with Crippen molar-refractivity contribution in [3.8, 4) is 0 Å². The molecular weight excluding hydrogens is 458 g/mol. The van der Waals surface area contributed by atoms with E-state index in [9.17, 15) is 9.59 Å². The topological polar surface area (TPSA) is 62.3 Å². The number of carbonyl (C=O) groups is 2. The zero-order valence-electron chi connectivity index (χ0n) is 21.5. The van der Waals surface area contributed by atoms with Crippen molar-refractivity contribution in [2.75, 3.05) is 6.54 Å². The van der Waals surface area contributed by atoms with Gasteiger partial charge in [-0.3, -0.25) is 14.6 Å². The highest BCUT2D eigenvalue weighted by Gasteiger charge is 2.35. The first kappa shape index (κ1) is 24.7. The monoisotopic (exact) mass is 491 g/mol. The van der Waals surface area contributed by atoms with Gasteiger partial charge < -0.3 is 10.2 Å². The van der Waals surface area contributed by atoms with E-state index in [0.29, 0.717) is 25.9 Å². The molecule has 1 aliphatic heterocycles. The van der Waals surface area contributed by atoms with Gasteiger partial charge in [0.2, 0.25) is 5.91 Å². The maximum atomic E-state index is 13.6. The molecule has 5 heteroatoms. The Labute approximate surface area is 218 Å². The highest BCUT2D eigenvalue weighted by atomic mass is 16.2. The van der Waals surface area contributed by atoms with Crippen LogP contribution in [0.4, 0.5) is 0 Å². The van der Waals surface area contributed by atoms with Crippen LogP contribution in [0.3, 0.4) is 0 Å². The van der Waals surface area contributed by atoms with Crippen molar-refractivity contribution in [1.29, 1.82) is 0 Å². The van der Waals surface area contributed by atoms with Gasteiger partial charge in [0.25, 0.3) is 5.91 Å². The lowest BCUT2D eigenvalue weighted by Crippen LogP contribution is -2.50. The van der Waals surface area contributed by atoms with Gasteiger partial charge >= 0.3 is 0 Å². The molecule has 0 saturated carbocycles. The van der Waals surface area contributed by atoms with Crippen molar-refractivity contribution in [1.82, 2.24) is 15.2 Å². The number of benzene rings is 3. The van der Waals surface area contributed by atoms with Gasteiger partial charge in [-0.25, -0.2) is 0 Å². The van der Waals surface area contributed by atoms with Gasteiger partial charge in [-0.15, -0.1) is 0 Å². The Morgan fingerprint density at radius 1 is 0.946 bits per heavy atom. The van der Waals surface area contributed by atoms with Crippen molar-refractivity contribution in [3.63, 3.8) is 0 Å². The van der Waals surface area contributed by atoms with Gasteiger partial charge in [-0.05, 0) is 68.5 Å². The zero-order valence-corrected chi connectivity index (χ0v) is 21.5. The number of piperidine rings is 1. The van der Waals surface area contributed by atoms with Crippen LogP contribution < -0.4 is 5.32 Å². The standard InChI is InChI=1S/C32H33N3O2/c1-22-16-23(2)18-27(17-22)32(37)35-15-13-25(20-28(35)19-24-8-4-3-5-9-24)31(36)34-21-26-12-14-33-30-11-7-6-10-29(26)30/h3-12,14,16-18,25,28H,13,15,19-21H2,1-2H3,(H,34,36)/t25-,28-/m0/s1. The van der Waals surface area contributed by atoms with E-state index in [4.69, 9.17) is 0 Å². The molecule has 2 heterocycles. The molecule has 1 aromatic heterocycles. The predicted molar refractivity (Wildman–Crippen MR) is 147 cm³/mol. The van der Waals surface area contributed by atoms with Crippen LogP contribution in [0.2, 0.25) is 0 Å². The van der Waals surface area contributed by atoms with Gasteiger partial charge in [0, 0.05) is 42.2 Å². The summed E-state index contributed by atoms with van der Waals surface area (Å²) in [4.78, 5) is 33.4. The summed E-state index contributed by atoms with van der Waals surface area (Å²) >= 11 is 0. The lowest BCUT2D eigenvalue weighted by atomic mass is 9.86. The molecular formula is C32H33N3O2. The first-order chi connectivity index (χ1) is 18.0. The Bertz CT molecular complexity index is 1390. The van der Waals surface area contributed by atoms with Crippen LogP contribution in [0, 0.1) is 19.8 Å². The number of nitrogens with one attached hydrogen (secondary N) is 1. The molecule has 4 aromatic rings. The molecule has 0 radical (unpaired) electrons. The molecule has 188 valence electrons. The normalized spacial score (nSPS) is 17.5. The summed E-state index contributed by atoms with van der Waals surface area (Å²) in [5.74, 6) is -0.0302. The molecule has 5 rings (SSSR count). The fourth-order valence-corrected chi connectivity index (χ4v) is 5.54. The number of rotatable bonds is 6. The molecule has 5 nitrogen and oxygen atoms in total. The average Bonchev–Trinajstić information content (AvgIpc) is 2.91. The Morgan fingerprint density at radius 3 is 2.46 bits per heavy atom. The molecule has 1 saturated heterocycles. The van der Waals surface area contributed by atoms with Gasteiger partial charge in [0.1, 0.15) is 0 Å². The molecule has 2 atom stereocenters. The summed E-state index contributed by atoms with van der Waals surface area (Å²) in [6.45, 7) is 5.08. The fourth-order valence-electron chi connectivity index (χ4n) is 5.54. The third-order valence-electron chi connectivity index (χ3n) is 7.32. The number of fused-ring (bicyclic) bond motifs is 1. The lowest BCUT2D eigenvalue weighted by Gasteiger charge is -2.39. The summed E-state index contributed by atoms with van der Waals surface area (Å²) in [7, 11) is 0. The number of nitrogens with zero attached hydrogens (tertiary/aromatic N) is 2. The number of aromatic nitrogens is 1. The molecule has 1 aliphatic rings. The Balaban J connectivity index is 1.32. The molecule has 2 amide bonds. The van der Waals surface area contributed by atoms with E-state index in [0.717, 1.165) is 39.6 Å². The SMILES string of the molecule is Cc1cc(C)cc(C(=O)N2CC[C@H](C(=O)NCc3ccnc4ccccc34)C[C@@H]2Cc2ccccc2)c1.